The van der Waals surface area contributed by atoms with Gasteiger partial charge in [0.2, 0.25) is 0 Å². The molecule has 5 heteroatoms. The van der Waals surface area contributed by atoms with Crippen LogP contribution in [0.1, 0.15) is 21.8 Å². The summed E-state index contributed by atoms with van der Waals surface area (Å²) in [5.41, 5.74) is 5.42. The molecular formula is C10H8N2O3. The van der Waals surface area contributed by atoms with Gasteiger partial charge < -0.3 is 0 Å². The zero-order valence-electron chi connectivity index (χ0n) is 7.69. The fourth-order valence-corrected chi connectivity index (χ4v) is 1.50. The van der Waals surface area contributed by atoms with Crippen LogP contribution in [0, 0.1) is 0 Å². The first kappa shape index (κ1) is 9.39. The quantitative estimate of drug-likeness (QED) is 0.515. The minimum atomic E-state index is -0.857. The molecule has 1 aliphatic rings. The second kappa shape index (κ2) is 3.53. The van der Waals surface area contributed by atoms with Crippen molar-refractivity contribution in [3.8, 4) is 0 Å². The highest BCUT2D eigenvalue weighted by molar-refractivity contribution is 6.10. The zero-order valence-corrected chi connectivity index (χ0v) is 7.69. The van der Waals surface area contributed by atoms with Gasteiger partial charge in [0.05, 0.1) is 0 Å². The highest BCUT2D eigenvalue weighted by Crippen LogP contribution is 2.19. The molecule has 1 saturated heterocycles. The van der Waals surface area contributed by atoms with E-state index in [1.807, 2.05) is 0 Å². The van der Waals surface area contributed by atoms with E-state index in [0.717, 1.165) is 0 Å². The van der Waals surface area contributed by atoms with Gasteiger partial charge in [-0.1, -0.05) is 18.2 Å². The van der Waals surface area contributed by atoms with Crippen LogP contribution in [0.4, 0.5) is 0 Å². The normalized spacial score (nSPS) is 16.0. The first-order chi connectivity index (χ1) is 7.22. The van der Waals surface area contributed by atoms with Gasteiger partial charge in [-0.3, -0.25) is 25.2 Å². The van der Waals surface area contributed by atoms with Gasteiger partial charge in [0, 0.05) is 5.56 Å². The van der Waals surface area contributed by atoms with Crippen molar-refractivity contribution in [3.63, 3.8) is 0 Å². The number of aldehydes is 1. The fraction of sp³-hybridized carbons (Fsp3) is 0.100. The SMILES string of the molecule is O=Cc1cccc(C2C(=O)NNC2=O)c1. The van der Waals surface area contributed by atoms with E-state index in [2.05, 4.69) is 10.9 Å². The van der Waals surface area contributed by atoms with Crippen LogP contribution >= 0.6 is 0 Å². The molecule has 2 amide bonds. The van der Waals surface area contributed by atoms with E-state index in [4.69, 9.17) is 0 Å². The number of nitrogens with one attached hydrogen (secondary N) is 2. The largest absolute Gasteiger partial charge is 0.298 e. The lowest BCUT2D eigenvalue weighted by atomic mass is 9.97. The topological polar surface area (TPSA) is 75.3 Å². The Kier molecular flexibility index (Phi) is 2.21. The molecule has 1 aromatic rings. The molecule has 76 valence electrons. The molecule has 1 aliphatic heterocycles. The van der Waals surface area contributed by atoms with Gasteiger partial charge in [-0.2, -0.15) is 0 Å². The lowest BCUT2D eigenvalue weighted by Gasteiger charge is -2.04. The monoisotopic (exact) mass is 204 g/mol. The number of hydrogen-bond acceptors (Lipinski definition) is 3. The van der Waals surface area contributed by atoms with E-state index < -0.39 is 17.7 Å². The maximum Gasteiger partial charge on any atom is 0.255 e. The van der Waals surface area contributed by atoms with E-state index in [-0.39, 0.29) is 0 Å². The Morgan fingerprint density at radius 3 is 2.40 bits per heavy atom. The average Bonchev–Trinajstić information content (AvgIpc) is 2.59. The molecule has 0 aromatic heterocycles. The van der Waals surface area contributed by atoms with E-state index in [1.54, 1.807) is 18.2 Å². The highest BCUT2D eigenvalue weighted by atomic mass is 16.2. The summed E-state index contributed by atoms with van der Waals surface area (Å²) in [6.07, 6.45) is 0.675. The van der Waals surface area contributed by atoms with Gasteiger partial charge in [0.25, 0.3) is 11.8 Å². The van der Waals surface area contributed by atoms with Crippen LogP contribution in [-0.4, -0.2) is 18.1 Å². The Morgan fingerprint density at radius 1 is 1.13 bits per heavy atom. The Bertz CT molecular complexity index is 426. The molecule has 0 spiro atoms. The molecule has 0 bridgehead atoms. The third-order valence-corrected chi connectivity index (χ3v) is 2.21. The van der Waals surface area contributed by atoms with Gasteiger partial charge in [-0.15, -0.1) is 0 Å². The fourth-order valence-electron chi connectivity index (χ4n) is 1.50. The molecule has 0 aliphatic carbocycles. The van der Waals surface area contributed by atoms with Gasteiger partial charge in [0.15, 0.2) is 0 Å². The van der Waals surface area contributed by atoms with Crippen molar-refractivity contribution in [1.82, 2.24) is 10.9 Å². The first-order valence-electron chi connectivity index (χ1n) is 4.37. The minimum absolute atomic E-state index is 0.400. The maximum atomic E-state index is 11.3. The Morgan fingerprint density at radius 2 is 1.80 bits per heavy atom. The molecule has 2 N–H and O–H groups in total. The van der Waals surface area contributed by atoms with Gasteiger partial charge in [0.1, 0.15) is 12.2 Å². The second-order valence-electron chi connectivity index (χ2n) is 3.20. The van der Waals surface area contributed by atoms with Crippen molar-refractivity contribution in [2.75, 3.05) is 0 Å². The van der Waals surface area contributed by atoms with Crippen LogP contribution < -0.4 is 10.9 Å². The van der Waals surface area contributed by atoms with E-state index in [9.17, 15) is 14.4 Å². The number of benzene rings is 1. The van der Waals surface area contributed by atoms with Crippen LogP contribution in [0.2, 0.25) is 0 Å². The molecule has 0 radical (unpaired) electrons. The predicted molar refractivity (Wildman–Crippen MR) is 50.9 cm³/mol. The number of carbonyl (C=O) groups excluding carboxylic acids is 3. The molecule has 0 saturated carbocycles. The summed E-state index contributed by atoms with van der Waals surface area (Å²) in [6.45, 7) is 0. The molecule has 0 unspecified atom stereocenters. The van der Waals surface area contributed by atoms with E-state index in [0.29, 0.717) is 17.4 Å². The van der Waals surface area contributed by atoms with Crippen molar-refractivity contribution in [3.05, 3.63) is 35.4 Å². The summed E-state index contributed by atoms with van der Waals surface area (Å²) in [7, 11) is 0. The van der Waals surface area contributed by atoms with Crippen molar-refractivity contribution in [2.24, 2.45) is 0 Å². The van der Waals surface area contributed by atoms with Crippen LogP contribution in [0.25, 0.3) is 0 Å². The lowest BCUT2D eigenvalue weighted by Crippen LogP contribution is -2.28. The molecule has 1 fully saturated rings. The summed E-state index contributed by atoms with van der Waals surface area (Å²) < 4.78 is 0. The molecule has 5 nitrogen and oxygen atoms in total. The standard InChI is InChI=1S/C10H8N2O3/c13-5-6-2-1-3-7(4-6)8-9(14)11-12-10(8)15/h1-5,8H,(H,11,14)(H,12,15). The van der Waals surface area contributed by atoms with Crippen LogP contribution in [0.15, 0.2) is 24.3 Å². The van der Waals surface area contributed by atoms with Gasteiger partial charge in [-0.05, 0) is 11.6 Å². The highest BCUT2D eigenvalue weighted by Gasteiger charge is 2.34. The van der Waals surface area contributed by atoms with Gasteiger partial charge in [-0.25, -0.2) is 0 Å². The number of rotatable bonds is 2. The number of amides is 2. The van der Waals surface area contributed by atoms with Crippen molar-refractivity contribution >= 4 is 18.1 Å². The summed E-state index contributed by atoms with van der Waals surface area (Å²) >= 11 is 0. The van der Waals surface area contributed by atoms with Gasteiger partial charge >= 0.3 is 0 Å². The summed E-state index contributed by atoms with van der Waals surface area (Å²) in [6, 6.07) is 6.42. The summed E-state index contributed by atoms with van der Waals surface area (Å²) in [5, 5.41) is 0. The first-order valence-corrected chi connectivity index (χ1v) is 4.37. The third-order valence-electron chi connectivity index (χ3n) is 2.21. The predicted octanol–water partition coefficient (Wildman–Crippen LogP) is -0.256. The molecular weight excluding hydrogens is 196 g/mol. The van der Waals surface area contributed by atoms with Crippen LogP contribution in [-0.2, 0) is 9.59 Å². The zero-order chi connectivity index (χ0) is 10.8. The van der Waals surface area contributed by atoms with Crippen LogP contribution in [0.5, 0.6) is 0 Å². The smallest absolute Gasteiger partial charge is 0.255 e. The Balaban J connectivity index is 2.40. The third kappa shape index (κ3) is 1.59. The van der Waals surface area contributed by atoms with E-state index in [1.165, 1.54) is 6.07 Å². The molecule has 15 heavy (non-hydrogen) atoms. The van der Waals surface area contributed by atoms with E-state index >= 15 is 0 Å². The van der Waals surface area contributed by atoms with Crippen molar-refractivity contribution in [1.29, 1.82) is 0 Å². The molecule has 1 heterocycles. The summed E-state index contributed by atoms with van der Waals surface area (Å²) in [5.74, 6) is -1.66. The minimum Gasteiger partial charge on any atom is -0.298 e. The summed E-state index contributed by atoms with van der Waals surface area (Å²) in [4.78, 5) is 33.1. The number of hydrogen-bond donors (Lipinski definition) is 2. The Labute approximate surface area is 85.4 Å². The number of carbonyl (C=O) groups is 3. The van der Waals surface area contributed by atoms with Crippen molar-refractivity contribution < 1.29 is 14.4 Å². The Hall–Kier alpha value is -2.17. The average molecular weight is 204 g/mol. The lowest BCUT2D eigenvalue weighted by molar-refractivity contribution is -0.124. The number of hydrazine groups is 1. The maximum absolute atomic E-state index is 11.3. The van der Waals surface area contributed by atoms with Crippen molar-refractivity contribution in [2.45, 2.75) is 5.92 Å². The molecule has 0 atom stereocenters. The second-order valence-corrected chi connectivity index (χ2v) is 3.20. The molecule has 1 aromatic carbocycles. The molecule has 2 rings (SSSR count). The van der Waals surface area contributed by atoms with Crippen LogP contribution in [0.3, 0.4) is 0 Å².